The zero-order valence-corrected chi connectivity index (χ0v) is 7.58. The summed E-state index contributed by atoms with van der Waals surface area (Å²) in [4.78, 5) is 0. The van der Waals surface area contributed by atoms with Gasteiger partial charge in [-0.15, -0.1) is 0 Å². The van der Waals surface area contributed by atoms with Crippen LogP contribution in [0.25, 0.3) is 0 Å². The quantitative estimate of drug-likeness (QED) is 0.705. The number of aromatic nitrogens is 2. The van der Waals surface area contributed by atoms with Gasteiger partial charge in [0.1, 0.15) is 0 Å². The highest BCUT2D eigenvalue weighted by molar-refractivity contribution is 5.14. The van der Waals surface area contributed by atoms with E-state index in [1.54, 1.807) is 7.11 Å². The Labute approximate surface area is 72.3 Å². The molecule has 0 bridgehead atoms. The summed E-state index contributed by atoms with van der Waals surface area (Å²) in [5.41, 5.74) is 7.62. The fourth-order valence-electron chi connectivity index (χ4n) is 1.06. The molecule has 0 aromatic carbocycles. The van der Waals surface area contributed by atoms with Gasteiger partial charge in [-0.2, -0.15) is 5.10 Å². The van der Waals surface area contributed by atoms with Crippen LogP contribution in [0.2, 0.25) is 0 Å². The summed E-state index contributed by atoms with van der Waals surface area (Å²) in [7, 11) is 1.68. The lowest BCUT2D eigenvalue weighted by Crippen LogP contribution is -2.04. The predicted molar refractivity (Wildman–Crippen MR) is 46.7 cm³/mol. The van der Waals surface area contributed by atoms with E-state index < -0.39 is 0 Å². The maximum Gasteiger partial charge on any atom is 0.0658 e. The molecular weight excluding hydrogens is 154 g/mol. The van der Waals surface area contributed by atoms with Gasteiger partial charge < -0.3 is 10.5 Å². The van der Waals surface area contributed by atoms with E-state index in [0.29, 0.717) is 13.2 Å². The van der Waals surface area contributed by atoms with Gasteiger partial charge in [-0.25, -0.2) is 0 Å². The molecule has 0 spiro atoms. The van der Waals surface area contributed by atoms with Crippen molar-refractivity contribution >= 4 is 0 Å². The smallest absolute Gasteiger partial charge is 0.0658 e. The topological polar surface area (TPSA) is 53.1 Å². The lowest BCUT2D eigenvalue weighted by molar-refractivity contribution is 0.183. The summed E-state index contributed by atoms with van der Waals surface area (Å²) < 4.78 is 6.80. The molecule has 4 nitrogen and oxygen atoms in total. The molecule has 0 saturated carbocycles. The number of methoxy groups -OCH3 is 1. The summed E-state index contributed by atoms with van der Waals surface area (Å²) >= 11 is 0. The van der Waals surface area contributed by atoms with Gasteiger partial charge in [0.2, 0.25) is 0 Å². The van der Waals surface area contributed by atoms with Crippen molar-refractivity contribution in [3.8, 4) is 0 Å². The highest BCUT2D eigenvalue weighted by Gasteiger charge is 2.01. The van der Waals surface area contributed by atoms with Crippen LogP contribution in [-0.4, -0.2) is 23.5 Å². The van der Waals surface area contributed by atoms with Crippen LogP contribution in [0.5, 0.6) is 0 Å². The van der Waals surface area contributed by atoms with Gasteiger partial charge in [-0.05, 0) is 6.92 Å². The van der Waals surface area contributed by atoms with Gasteiger partial charge in [0.05, 0.1) is 18.8 Å². The second-order valence-corrected chi connectivity index (χ2v) is 2.70. The van der Waals surface area contributed by atoms with Crippen LogP contribution in [0.1, 0.15) is 11.3 Å². The van der Waals surface area contributed by atoms with Crippen LogP contribution in [-0.2, 0) is 17.8 Å². The Kier molecular flexibility index (Phi) is 3.25. The normalized spacial score (nSPS) is 10.6. The third-order valence-electron chi connectivity index (χ3n) is 1.79. The molecule has 0 saturated heterocycles. The Hall–Kier alpha value is -0.870. The molecule has 0 atom stereocenters. The fraction of sp³-hybridized carbons (Fsp3) is 0.625. The Balaban J connectivity index is 2.62. The summed E-state index contributed by atoms with van der Waals surface area (Å²) in [5, 5.41) is 4.28. The summed E-state index contributed by atoms with van der Waals surface area (Å²) in [6, 6.07) is 0. The van der Waals surface area contributed by atoms with Crippen molar-refractivity contribution in [2.24, 2.45) is 5.73 Å². The molecule has 1 aromatic rings. The maximum absolute atomic E-state index is 5.51. The van der Waals surface area contributed by atoms with E-state index in [1.165, 1.54) is 0 Å². The van der Waals surface area contributed by atoms with E-state index in [2.05, 4.69) is 5.10 Å². The minimum Gasteiger partial charge on any atom is -0.383 e. The Morgan fingerprint density at radius 1 is 1.67 bits per heavy atom. The fourth-order valence-corrected chi connectivity index (χ4v) is 1.06. The monoisotopic (exact) mass is 169 g/mol. The minimum atomic E-state index is 0.554. The Morgan fingerprint density at radius 3 is 2.92 bits per heavy atom. The molecule has 0 amide bonds. The number of aryl methyl sites for hydroxylation is 1. The van der Waals surface area contributed by atoms with E-state index in [4.69, 9.17) is 10.5 Å². The standard InChI is InChI=1S/C8H15N3O/c1-7-8(5-9)6-11(10-7)3-4-12-2/h6H,3-5,9H2,1-2H3. The molecule has 0 aliphatic rings. The van der Waals surface area contributed by atoms with Crippen LogP contribution in [0.15, 0.2) is 6.20 Å². The van der Waals surface area contributed by atoms with E-state index in [0.717, 1.165) is 17.8 Å². The first-order valence-corrected chi connectivity index (χ1v) is 4.00. The number of hydrogen-bond donors (Lipinski definition) is 1. The Bertz CT molecular complexity index is 244. The van der Waals surface area contributed by atoms with E-state index in [1.807, 2.05) is 17.8 Å². The van der Waals surface area contributed by atoms with Crippen molar-refractivity contribution in [3.63, 3.8) is 0 Å². The maximum atomic E-state index is 5.51. The number of ether oxygens (including phenoxy) is 1. The van der Waals surface area contributed by atoms with Crippen molar-refractivity contribution in [2.75, 3.05) is 13.7 Å². The second-order valence-electron chi connectivity index (χ2n) is 2.70. The molecule has 0 unspecified atom stereocenters. The van der Waals surface area contributed by atoms with Crippen molar-refractivity contribution in [1.82, 2.24) is 9.78 Å². The van der Waals surface area contributed by atoms with Crippen molar-refractivity contribution in [3.05, 3.63) is 17.5 Å². The highest BCUT2D eigenvalue weighted by atomic mass is 16.5. The van der Waals surface area contributed by atoms with Gasteiger partial charge in [0.15, 0.2) is 0 Å². The molecule has 2 N–H and O–H groups in total. The minimum absolute atomic E-state index is 0.554. The van der Waals surface area contributed by atoms with Crippen molar-refractivity contribution < 1.29 is 4.74 Å². The summed E-state index contributed by atoms with van der Waals surface area (Å²) in [6.07, 6.45) is 1.97. The molecule has 68 valence electrons. The van der Waals surface area contributed by atoms with Gasteiger partial charge in [-0.1, -0.05) is 0 Å². The van der Waals surface area contributed by atoms with Crippen LogP contribution < -0.4 is 5.73 Å². The molecule has 12 heavy (non-hydrogen) atoms. The molecule has 0 fully saturated rings. The highest BCUT2D eigenvalue weighted by Crippen LogP contribution is 2.03. The number of nitrogens with zero attached hydrogens (tertiary/aromatic N) is 2. The lowest BCUT2D eigenvalue weighted by atomic mass is 10.3. The van der Waals surface area contributed by atoms with Crippen LogP contribution in [0, 0.1) is 6.92 Å². The van der Waals surface area contributed by atoms with Crippen molar-refractivity contribution in [2.45, 2.75) is 20.0 Å². The number of rotatable bonds is 4. The first kappa shape index (κ1) is 9.22. The molecule has 0 radical (unpaired) electrons. The van der Waals surface area contributed by atoms with E-state index >= 15 is 0 Å². The van der Waals surface area contributed by atoms with E-state index in [-0.39, 0.29) is 0 Å². The zero-order chi connectivity index (χ0) is 8.97. The molecule has 1 aromatic heterocycles. The average molecular weight is 169 g/mol. The van der Waals surface area contributed by atoms with Gasteiger partial charge in [-0.3, -0.25) is 4.68 Å². The first-order chi connectivity index (χ1) is 5.77. The molecule has 1 rings (SSSR count). The van der Waals surface area contributed by atoms with Crippen molar-refractivity contribution in [1.29, 1.82) is 0 Å². The first-order valence-electron chi connectivity index (χ1n) is 4.00. The predicted octanol–water partition coefficient (Wildman–Crippen LogP) is 0.297. The zero-order valence-electron chi connectivity index (χ0n) is 7.58. The summed E-state index contributed by atoms with van der Waals surface area (Å²) in [5.74, 6) is 0. The van der Waals surface area contributed by atoms with Crippen LogP contribution in [0.4, 0.5) is 0 Å². The average Bonchev–Trinajstić information content (AvgIpc) is 2.43. The van der Waals surface area contributed by atoms with Gasteiger partial charge in [0, 0.05) is 25.4 Å². The van der Waals surface area contributed by atoms with E-state index in [9.17, 15) is 0 Å². The molecule has 4 heteroatoms. The Morgan fingerprint density at radius 2 is 2.42 bits per heavy atom. The second kappa shape index (κ2) is 4.23. The molecular formula is C8H15N3O. The molecule has 0 aliphatic carbocycles. The lowest BCUT2D eigenvalue weighted by Gasteiger charge is -1.97. The molecule has 1 heterocycles. The largest absolute Gasteiger partial charge is 0.383 e. The van der Waals surface area contributed by atoms with Gasteiger partial charge in [0.25, 0.3) is 0 Å². The molecule has 0 aliphatic heterocycles. The number of hydrogen-bond acceptors (Lipinski definition) is 3. The third kappa shape index (κ3) is 2.06. The third-order valence-corrected chi connectivity index (χ3v) is 1.79. The van der Waals surface area contributed by atoms with Gasteiger partial charge >= 0.3 is 0 Å². The SMILES string of the molecule is COCCn1cc(CN)c(C)n1. The summed E-state index contributed by atoms with van der Waals surface area (Å²) in [6.45, 7) is 3.99. The number of nitrogens with two attached hydrogens (primary N) is 1. The van der Waals surface area contributed by atoms with Crippen LogP contribution in [0.3, 0.4) is 0 Å². The van der Waals surface area contributed by atoms with Crippen LogP contribution >= 0.6 is 0 Å².